The standard InChI is InChI=1S/C16H17N3O2S/c1-11-10-22-16(17-11)14-8-19(6-7-20-14)9-15-18-12-4-2-3-5-13(12)21-15/h2-5,10,14H,6-9H2,1H3/t14-/m1/s1. The van der Waals surface area contributed by atoms with Gasteiger partial charge in [-0.05, 0) is 19.1 Å². The lowest BCUT2D eigenvalue weighted by Gasteiger charge is -2.30. The summed E-state index contributed by atoms with van der Waals surface area (Å²) in [6.45, 7) is 5.15. The monoisotopic (exact) mass is 315 g/mol. The molecule has 1 fully saturated rings. The summed E-state index contributed by atoms with van der Waals surface area (Å²) >= 11 is 1.67. The molecule has 0 N–H and O–H groups in total. The average molecular weight is 315 g/mol. The van der Waals surface area contributed by atoms with Crippen LogP contribution < -0.4 is 0 Å². The smallest absolute Gasteiger partial charge is 0.209 e. The molecule has 3 heterocycles. The van der Waals surface area contributed by atoms with Gasteiger partial charge < -0.3 is 9.15 Å². The van der Waals surface area contributed by atoms with Crippen molar-refractivity contribution in [1.82, 2.24) is 14.9 Å². The van der Waals surface area contributed by atoms with Crippen LogP contribution in [0.2, 0.25) is 0 Å². The van der Waals surface area contributed by atoms with Crippen LogP contribution in [0.25, 0.3) is 11.1 Å². The number of aromatic nitrogens is 2. The Morgan fingerprint density at radius 3 is 3.05 bits per heavy atom. The van der Waals surface area contributed by atoms with Gasteiger partial charge in [-0.15, -0.1) is 11.3 Å². The summed E-state index contributed by atoms with van der Waals surface area (Å²) in [5, 5.41) is 3.12. The van der Waals surface area contributed by atoms with E-state index in [9.17, 15) is 0 Å². The summed E-state index contributed by atoms with van der Waals surface area (Å²) in [5.74, 6) is 0.761. The van der Waals surface area contributed by atoms with E-state index < -0.39 is 0 Å². The number of fused-ring (bicyclic) bond motifs is 1. The van der Waals surface area contributed by atoms with Crippen molar-refractivity contribution in [2.45, 2.75) is 19.6 Å². The van der Waals surface area contributed by atoms with Crippen molar-refractivity contribution in [3.8, 4) is 0 Å². The molecule has 1 atom stereocenters. The second-order valence-electron chi connectivity index (χ2n) is 5.50. The predicted octanol–water partition coefficient (Wildman–Crippen LogP) is 3.17. The molecule has 1 aromatic carbocycles. The lowest BCUT2D eigenvalue weighted by molar-refractivity contribution is -0.0351. The average Bonchev–Trinajstić information content (AvgIpc) is 3.13. The van der Waals surface area contributed by atoms with Crippen LogP contribution in [0.5, 0.6) is 0 Å². The molecule has 0 unspecified atom stereocenters. The van der Waals surface area contributed by atoms with Crippen LogP contribution >= 0.6 is 11.3 Å². The predicted molar refractivity (Wildman–Crippen MR) is 84.8 cm³/mol. The van der Waals surface area contributed by atoms with E-state index in [1.807, 2.05) is 31.2 Å². The number of aryl methyl sites for hydroxylation is 1. The van der Waals surface area contributed by atoms with Crippen LogP contribution in [-0.2, 0) is 11.3 Å². The minimum absolute atomic E-state index is 0.0526. The molecule has 2 aromatic heterocycles. The van der Waals surface area contributed by atoms with Gasteiger partial charge in [0.25, 0.3) is 0 Å². The van der Waals surface area contributed by atoms with Gasteiger partial charge in [0.1, 0.15) is 16.6 Å². The van der Waals surface area contributed by atoms with Crippen molar-refractivity contribution in [3.63, 3.8) is 0 Å². The number of ether oxygens (including phenoxy) is 1. The molecule has 22 heavy (non-hydrogen) atoms. The highest BCUT2D eigenvalue weighted by atomic mass is 32.1. The SMILES string of the molecule is Cc1csc([C@H]2CN(Cc3nc4ccccc4o3)CCO2)n1. The Balaban J connectivity index is 1.48. The number of hydrogen-bond acceptors (Lipinski definition) is 6. The van der Waals surface area contributed by atoms with E-state index in [1.165, 1.54) is 0 Å². The van der Waals surface area contributed by atoms with Crippen molar-refractivity contribution < 1.29 is 9.15 Å². The number of benzene rings is 1. The molecule has 114 valence electrons. The summed E-state index contributed by atoms with van der Waals surface area (Å²) in [5.41, 5.74) is 2.82. The van der Waals surface area contributed by atoms with E-state index in [0.29, 0.717) is 13.2 Å². The second-order valence-corrected chi connectivity index (χ2v) is 6.39. The molecule has 0 amide bonds. The Morgan fingerprint density at radius 1 is 1.32 bits per heavy atom. The molecule has 0 bridgehead atoms. The largest absolute Gasteiger partial charge is 0.439 e. The molecule has 3 aromatic rings. The minimum atomic E-state index is 0.0526. The molecule has 4 rings (SSSR count). The summed E-state index contributed by atoms with van der Waals surface area (Å²) < 4.78 is 11.7. The third-order valence-electron chi connectivity index (χ3n) is 3.76. The van der Waals surface area contributed by atoms with E-state index in [0.717, 1.165) is 40.8 Å². The summed E-state index contributed by atoms with van der Waals surface area (Å²) in [7, 11) is 0. The zero-order chi connectivity index (χ0) is 14.9. The quantitative estimate of drug-likeness (QED) is 0.743. The summed E-state index contributed by atoms with van der Waals surface area (Å²) in [6.07, 6.45) is 0.0526. The molecule has 0 aliphatic carbocycles. The molecule has 1 aliphatic heterocycles. The van der Waals surface area contributed by atoms with Crippen LogP contribution in [-0.4, -0.2) is 34.6 Å². The summed E-state index contributed by atoms with van der Waals surface area (Å²) in [6, 6.07) is 7.87. The molecule has 5 nitrogen and oxygen atoms in total. The molecule has 6 heteroatoms. The maximum atomic E-state index is 5.86. The highest BCUT2D eigenvalue weighted by Gasteiger charge is 2.25. The lowest BCUT2D eigenvalue weighted by Crippen LogP contribution is -2.37. The zero-order valence-corrected chi connectivity index (χ0v) is 13.2. The Hall–Kier alpha value is -1.76. The van der Waals surface area contributed by atoms with E-state index >= 15 is 0 Å². The first-order valence-electron chi connectivity index (χ1n) is 7.38. The lowest BCUT2D eigenvalue weighted by atomic mass is 10.3. The first-order chi connectivity index (χ1) is 10.8. The molecular formula is C16H17N3O2S. The molecular weight excluding hydrogens is 298 g/mol. The first kappa shape index (κ1) is 13.9. The summed E-state index contributed by atoms with van der Waals surface area (Å²) in [4.78, 5) is 11.4. The third kappa shape index (κ3) is 2.77. The van der Waals surface area contributed by atoms with Crippen molar-refractivity contribution >= 4 is 22.4 Å². The van der Waals surface area contributed by atoms with E-state index in [-0.39, 0.29) is 6.10 Å². The van der Waals surface area contributed by atoms with Gasteiger partial charge in [-0.1, -0.05) is 12.1 Å². The maximum Gasteiger partial charge on any atom is 0.209 e. The number of nitrogens with zero attached hydrogens (tertiary/aromatic N) is 3. The van der Waals surface area contributed by atoms with Gasteiger partial charge in [0.15, 0.2) is 5.58 Å². The molecule has 1 aliphatic rings. The Morgan fingerprint density at radius 2 is 2.23 bits per heavy atom. The Labute approximate surface area is 132 Å². The van der Waals surface area contributed by atoms with Crippen LogP contribution in [0.1, 0.15) is 22.7 Å². The normalized spacial score (nSPS) is 19.8. The minimum Gasteiger partial charge on any atom is -0.439 e. The number of thiazole rings is 1. The fourth-order valence-corrected chi connectivity index (χ4v) is 3.53. The fourth-order valence-electron chi connectivity index (χ4n) is 2.69. The van der Waals surface area contributed by atoms with Crippen molar-refractivity contribution in [2.75, 3.05) is 19.7 Å². The Kier molecular flexibility index (Phi) is 3.65. The fraction of sp³-hybridized carbons (Fsp3) is 0.375. The van der Waals surface area contributed by atoms with E-state index in [1.54, 1.807) is 11.3 Å². The van der Waals surface area contributed by atoms with Crippen molar-refractivity contribution in [1.29, 1.82) is 0 Å². The number of oxazole rings is 1. The third-order valence-corrected chi connectivity index (χ3v) is 4.81. The zero-order valence-electron chi connectivity index (χ0n) is 12.4. The number of hydrogen-bond donors (Lipinski definition) is 0. The van der Waals surface area contributed by atoms with Crippen LogP contribution in [0.15, 0.2) is 34.1 Å². The van der Waals surface area contributed by atoms with Gasteiger partial charge in [-0.2, -0.15) is 0 Å². The van der Waals surface area contributed by atoms with Gasteiger partial charge in [0, 0.05) is 24.2 Å². The van der Waals surface area contributed by atoms with Gasteiger partial charge in [0.05, 0.1) is 13.2 Å². The highest BCUT2D eigenvalue weighted by molar-refractivity contribution is 7.09. The van der Waals surface area contributed by atoms with Gasteiger partial charge >= 0.3 is 0 Å². The van der Waals surface area contributed by atoms with Crippen LogP contribution in [0.4, 0.5) is 0 Å². The second kappa shape index (κ2) is 5.79. The number of morpholine rings is 1. The van der Waals surface area contributed by atoms with Crippen molar-refractivity contribution in [2.24, 2.45) is 0 Å². The van der Waals surface area contributed by atoms with Crippen LogP contribution in [0, 0.1) is 6.92 Å². The van der Waals surface area contributed by atoms with Crippen molar-refractivity contribution in [3.05, 3.63) is 46.2 Å². The van der Waals surface area contributed by atoms with E-state index in [2.05, 4.69) is 20.2 Å². The molecule has 1 saturated heterocycles. The highest BCUT2D eigenvalue weighted by Crippen LogP contribution is 2.26. The van der Waals surface area contributed by atoms with E-state index in [4.69, 9.17) is 9.15 Å². The number of para-hydroxylation sites is 2. The Bertz CT molecular complexity index is 749. The van der Waals surface area contributed by atoms with Gasteiger partial charge in [0.2, 0.25) is 5.89 Å². The molecule has 0 spiro atoms. The van der Waals surface area contributed by atoms with Crippen LogP contribution in [0.3, 0.4) is 0 Å². The van der Waals surface area contributed by atoms with Gasteiger partial charge in [-0.25, -0.2) is 9.97 Å². The molecule has 0 radical (unpaired) electrons. The number of rotatable bonds is 3. The molecule has 0 saturated carbocycles. The maximum absolute atomic E-state index is 5.86. The topological polar surface area (TPSA) is 51.4 Å². The van der Waals surface area contributed by atoms with Gasteiger partial charge in [-0.3, -0.25) is 4.90 Å². The first-order valence-corrected chi connectivity index (χ1v) is 8.26.